The normalized spacial score (nSPS) is 10.3. The van der Waals surface area contributed by atoms with Gasteiger partial charge in [0.2, 0.25) is 0 Å². The maximum absolute atomic E-state index is 13.7. The van der Waals surface area contributed by atoms with Crippen LogP contribution in [0.2, 0.25) is 0 Å². The van der Waals surface area contributed by atoms with Crippen molar-refractivity contribution in [3.8, 4) is 0 Å². The van der Waals surface area contributed by atoms with Gasteiger partial charge in [0.1, 0.15) is 23.8 Å². The second-order valence-electron chi connectivity index (χ2n) is 5.03. The first-order valence-electron chi connectivity index (χ1n) is 7.45. The average molecular weight is 308 g/mol. The third-order valence-electron chi connectivity index (χ3n) is 3.46. The van der Waals surface area contributed by atoms with Crippen molar-refractivity contribution >= 4 is 23.0 Å². The van der Waals surface area contributed by atoms with E-state index in [4.69, 9.17) is 0 Å². The van der Waals surface area contributed by atoms with Crippen LogP contribution in [0, 0.1) is 5.82 Å². The van der Waals surface area contributed by atoms with Gasteiger partial charge >= 0.3 is 0 Å². The SMILES string of the molecule is CCc1ccccc1Nc1cc(Nc2ccccc2F)ncn1. The quantitative estimate of drug-likeness (QED) is 0.719. The molecule has 0 saturated carbocycles. The second kappa shape index (κ2) is 6.87. The van der Waals surface area contributed by atoms with Crippen LogP contribution in [0.3, 0.4) is 0 Å². The molecule has 0 aliphatic carbocycles. The van der Waals surface area contributed by atoms with Gasteiger partial charge in [0.15, 0.2) is 0 Å². The minimum absolute atomic E-state index is 0.322. The summed E-state index contributed by atoms with van der Waals surface area (Å²) in [5, 5.41) is 6.24. The fourth-order valence-electron chi connectivity index (χ4n) is 2.28. The Hall–Kier alpha value is -2.95. The van der Waals surface area contributed by atoms with Crippen LogP contribution in [0.25, 0.3) is 0 Å². The van der Waals surface area contributed by atoms with Crippen molar-refractivity contribution in [1.29, 1.82) is 0 Å². The maximum Gasteiger partial charge on any atom is 0.146 e. The van der Waals surface area contributed by atoms with Gasteiger partial charge in [0.05, 0.1) is 5.69 Å². The molecule has 0 atom stereocenters. The average Bonchev–Trinajstić information content (AvgIpc) is 2.58. The highest BCUT2D eigenvalue weighted by atomic mass is 19.1. The first kappa shape index (κ1) is 15.0. The molecule has 2 aromatic carbocycles. The number of aromatic nitrogens is 2. The topological polar surface area (TPSA) is 49.8 Å². The van der Waals surface area contributed by atoms with E-state index < -0.39 is 0 Å². The molecule has 0 bridgehead atoms. The van der Waals surface area contributed by atoms with Crippen molar-refractivity contribution in [3.63, 3.8) is 0 Å². The molecule has 0 unspecified atom stereocenters. The molecule has 0 fully saturated rings. The van der Waals surface area contributed by atoms with E-state index in [1.807, 2.05) is 18.2 Å². The maximum atomic E-state index is 13.7. The van der Waals surface area contributed by atoms with E-state index in [0.717, 1.165) is 12.1 Å². The van der Waals surface area contributed by atoms with Crippen LogP contribution >= 0.6 is 0 Å². The summed E-state index contributed by atoms with van der Waals surface area (Å²) in [4.78, 5) is 8.35. The number of anilines is 4. The van der Waals surface area contributed by atoms with Crippen molar-refractivity contribution in [2.24, 2.45) is 0 Å². The zero-order chi connectivity index (χ0) is 16.1. The van der Waals surface area contributed by atoms with Crippen LogP contribution in [-0.4, -0.2) is 9.97 Å². The van der Waals surface area contributed by atoms with Crippen LogP contribution in [0.1, 0.15) is 12.5 Å². The summed E-state index contributed by atoms with van der Waals surface area (Å²) < 4.78 is 13.7. The molecular weight excluding hydrogens is 291 g/mol. The summed E-state index contributed by atoms with van der Waals surface area (Å²) in [5.74, 6) is 0.860. The van der Waals surface area contributed by atoms with E-state index in [0.29, 0.717) is 17.3 Å². The Morgan fingerprint density at radius 3 is 2.17 bits per heavy atom. The molecule has 5 heteroatoms. The number of rotatable bonds is 5. The van der Waals surface area contributed by atoms with Crippen molar-refractivity contribution in [2.45, 2.75) is 13.3 Å². The second-order valence-corrected chi connectivity index (χ2v) is 5.03. The van der Waals surface area contributed by atoms with Crippen molar-refractivity contribution in [3.05, 3.63) is 72.3 Å². The molecule has 116 valence electrons. The number of para-hydroxylation sites is 2. The number of halogens is 1. The fourth-order valence-corrected chi connectivity index (χ4v) is 2.28. The lowest BCUT2D eigenvalue weighted by molar-refractivity contribution is 0.632. The van der Waals surface area contributed by atoms with Gasteiger partial charge in [-0.2, -0.15) is 0 Å². The summed E-state index contributed by atoms with van der Waals surface area (Å²) in [6.07, 6.45) is 2.37. The Balaban J connectivity index is 1.81. The van der Waals surface area contributed by atoms with E-state index in [2.05, 4.69) is 33.6 Å². The van der Waals surface area contributed by atoms with Crippen LogP contribution in [0.5, 0.6) is 0 Å². The molecule has 0 saturated heterocycles. The molecule has 0 amide bonds. The lowest BCUT2D eigenvalue weighted by Crippen LogP contribution is -2.01. The smallest absolute Gasteiger partial charge is 0.146 e. The molecule has 3 rings (SSSR count). The standard InChI is InChI=1S/C18H17FN4/c1-2-13-7-3-5-9-15(13)22-17-11-18(21-12-20-17)23-16-10-6-4-8-14(16)19/h3-12H,2H2,1H3,(H2,20,21,22,23). The van der Waals surface area contributed by atoms with Gasteiger partial charge in [0, 0.05) is 11.8 Å². The van der Waals surface area contributed by atoms with Gasteiger partial charge in [-0.3, -0.25) is 0 Å². The van der Waals surface area contributed by atoms with Gasteiger partial charge in [-0.1, -0.05) is 37.3 Å². The van der Waals surface area contributed by atoms with Gasteiger partial charge in [0.25, 0.3) is 0 Å². The third kappa shape index (κ3) is 3.63. The molecule has 0 spiro atoms. The predicted octanol–water partition coefficient (Wildman–Crippen LogP) is 4.67. The molecule has 23 heavy (non-hydrogen) atoms. The molecule has 2 N–H and O–H groups in total. The highest BCUT2D eigenvalue weighted by Crippen LogP contribution is 2.23. The monoisotopic (exact) mass is 308 g/mol. The molecule has 4 nitrogen and oxygen atoms in total. The Morgan fingerprint density at radius 2 is 1.48 bits per heavy atom. The van der Waals surface area contributed by atoms with Crippen LogP contribution in [0.15, 0.2) is 60.9 Å². The zero-order valence-corrected chi connectivity index (χ0v) is 12.8. The summed E-state index contributed by atoms with van der Waals surface area (Å²) in [6.45, 7) is 2.10. The summed E-state index contributed by atoms with van der Waals surface area (Å²) in [7, 11) is 0. The van der Waals surface area contributed by atoms with E-state index in [-0.39, 0.29) is 5.82 Å². The Kier molecular flexibility index (Phi) is 4.47. The van der Waals surface area contributed by atoms with E-state index in [1.54, 1.807) is 24.3 Å². The highest BCUT2D eigenvalue weighted by molar-refractivity contribution is 5.65. The largest absolute Gasteiger partial charge is 0.340 e. The number of nitrogens with one attached hydrogen (secondary N) is 2. The van der Waals surface area contributed by atoms with E-state index in [1.165, 1.54) is 18.0 Å². The Bertz CT molecular complexity index is 804. The molecule has 1 aromatic heterocycles. The summed E-state index contributed by atoms with van der Waals surface area (Å²) in [6, 6.07) is 16.3. The number of hydrogen-bond acceptors (Lipinski definition) is 4. The third-order valence-corrected chi connectivity index (χ3v) is 3.46. The first-order valence-corrected chi connectivity index (χ1v) is 7.45. The van der Waals surface area contributed by atoms with Gasteiger partial charge in [-0.15, -0.1) is 0 Å². The van der Waals surface area contributed by atoms with Gasteiger partial charge < -0.3 is 10.6 Å². The van der Waals surface area contributed by atoms with Crippen molar-refractivity contribution < 1.29 is 4.39 Å². The number of aryl methyl sites for hydroxylation is 1. The minimum atomic E-state index is -0.322. The highest BCUT2D eigenvalue weighted by Gasteiger charge is 2.05. The number of nitrogens with zero attached hydrogens (tertiary/aromatic N) is 2. The Morgan fingerprint density at radius 1 is 0.870 bits per heavy atom. The van der Waals surface area contributed by atoms with Crippen molar-refractivity contribution in [1.82, 2.24) is 9.97 Å². The fraction of sp³-hybridized carbons (Fsp3) is 0.111. The molecule has 0 aliphatic rings. The predicted molar refractivity (Wildman–Crippen MR) is 90.8 cm³/mol. The lowest BCUT2D eigenvalue weighted by atomic mass is 10.1. The molecule has 3 aromatic rings. The number of hydrogen-bond donors (Lipinski definition) is 2. The lowest BCUT2D eigenvalue weighted by Gasteiger charge is -2.11. The number of benzene rings is 2. The minimum Gasteiger partial charge on any atom is -0.340 e. The van der Waals surface area contributed by atoms with Crippen LogP contribution in [-0.2, 0) is 6.42 Å². The molecule has 0 aliphatic heterocycles. The molecular formula is C18H17FN4. The van der Waals surface area contributed by atoms with Crippen LogP contribution < -0.4 is 10.6 Å². The first-order chi connectivity index (χ1) is 11.3. The molecule has 1 heterocycles. The van der Waals surface area contributed by atoms with E-state index in [9.17, 15) is 4.39 Å². The Labute approximate surface area is 134 Å². The van der Waals surface area contributed by atoms with Crippen LogP contribution in [0.4, 0.5) is 27.4 Å². The van der Waals surface area contributed by atoms with E-state index >= 15 is 0 Å². The summed E-state index contributed by atoms with van der Waals surface area (Å²) in [5.41, 5.74) is 2.59. The summed E-state index contributed by atoms with van der Waals surface area (Å²) >= 11 is 0. The van der Waals surface area contributed by atoms with Gasteiger partial charge in [-0.05, 0) is 30.2 Å². The molecule has 0 radical (unpaired) electrons. The van der Waals surface area contributed by atoms with Gasteiger partial charge in [-0.25, -0.2) is 14.4 Å². The zero-order valence-electron chi connectivity index (χ0n) is 12.8. The van der Waals surface area contributed by atoms with Crippen molar-refractivity contribution in [2.75, 3.05) is 10.6 Å².